The smallest absolute Gasteiger partial charge is 0.161 e. The average Bonchev–Trinajstić information content (AvgIpc) is 2.81. The van der Waals surface area contributed by atoms with E-state index in [1.165, 1.54) is 5.57 Å². The summed E-state index contributed by atoms with van der Waals surface area (Å²) in [5.41, 5.74) is 0.155. The molecule has 3 nitrogen and oxygen atoms in total. The predicted molar refractivity (Wildman–Crippen MR) is 92.3 cm³/mol. The van der Waals surface area contributed by atoms with Crippen molar-refractivity contribution in [2.24, 2.45) is 28.6 Å². The van der Waals surface area contributed by atoms with Gasteiger partial charge in [-0.15, -0.1) is 0 Å². The van der Waals surface area contributed by atoms with Crippen LogP contribution in [-0.2, 0) is 9.59 Å². The molecule has 4 aliphatic carbocycles. The number of Topliss-reactive ketones (excluding diaryl/α,β-unsaturated/α-hetero) is 1. The summed E-state index contributed by atoms with van der Waals surface area (Å²) < 4.78 is 0. The summed E-state index contributed by atoms with van der Waals surface area (Å²) in [6.07, 6.45) is 9.37. The topological polar surface area (TPSA) is 54.4 Å². The number of rotatable bonds is 1. The van der Waals surface area contributed by atoms with Gasteiger partial charge in [0, 0.05) is 11.8 Å². The molecule has 0 aromatic heterocycles. The molecular weight excluding hydrogens is 300 g/mol. The van der Waals surface area contributed by atoms with Gasteiger partial charge in [0.1, 0.15) is 5.60 Å². The van der Waals surface area contributed by atoms with Crippen molar-refractivity contribution < 1.29 is 14.7 Å². The summed E-state index contributed by atoms with van der Waals surface area (Å²) in [4.78, 5) is 24.1. The zero-order valence-corrected chi connectivity index (χ0v) is 15.2. The third-order valence-electron chi connectivity index (χ3n) is 8.70. The maximum atomic E-state index is 12.2. The van der Waals surface area contributed by atoms with Crippen molar-refractivity contribution in [3.05, 3.63) is 11.6 Å². The van der Waals surface area contributed by atoms with E-state index in [1.807, 2.05) is 6.08 Å². The molecule has 3 heteroatoms. The number of hydrogen-bond donors (Lipinski definition) is 1. The van der Waals surface area contributed by atoms with Crippen molar-refractivity contribution in [3.8, 4) is 0 Å². The van der Waals surface area contributed by atoms with Crippen LogP contribution in [0.3, 0.4) is 0 Å². The van der Waals surface area contributed by atoms with Crippen LogP contribution in [0.4, 0.5) is 0 Å². The predicted octanol–water partition coefficient (Wildman–Crippen LogP) is 3.84. The first kappa shape index (κ1) is 16.5. The van der Waals surface area contributed by atoms with Gasteiger partial charge in [-0.3, -0.25) is 9.59 Å². The van der Waals surface area contributed by atoms with E-state index in [1.54, 1.807) is 6.92 Å². The SMILES string of the molecule is CC(=O)[C@]1(O)CC[C@H]2[C@@H]3CCC4=CC(=O)CC[C@]4(C)[C@H]3CC[C@@]21C. The van der Waals surface area contributed by atoms with Gasteiger partial charge >= 0.3 is 0 Å². The lowest BCUT2D eigenvalue weighted by atomic mass is 9.46. The van der Waals surface area contributed by atoms with Gasteiger partial charge in [-0.25, -0.2) is 0 Å². The summed E-state index contributed by atoms with van der Waals surface area (Å²) in [7, 11) is 0. The van der Waals surface area contributed by atoms with Gasteiger partial charge in [0.05, 0.1) is 0 Å². The maximum absolute atomic E-state index is 12.2. The molecule has 4 aliphatic rings. The van der Waals surface area contributed by atoms with E-state index < -0.39 is 5.60 Å². The second-order valence-corrected chi connectivity index (χ2v) is 9.38. The molecule has 0 radical (unpaired) electrons. The third-order valence-corrected chi connectivity index (χ3v) is 8.70. The highest BCUT2D eigenvalue weighted by molar-refractivity contribution is 5.91. The van der Waals surface area contributed by atoms with Crippen LogP contribution in [0.1, 0.15) is 72.1 Å². The fraction of sp³-hybridized carbons (Fsp3) is 0.810. The summed E-state index contributed by atoms with van der Waals surface area (Å²) in [6, 6.07) is 0. The van der Waals surface area contributed by atoms with E-state index in [2.05, 4.69) is 13.8 Å². The molecule has 0 unspecified atom stereocenters. The Labute approximate surface area is 144 Å². The number of ketones is 2. The summed E-state index contributed by atoms with van der Waals surface area (Å²) in [5.74, 6) is 1.90. The number of hydrogen-bond acceptors (Lipinski definition) is 3. The van der Waals surface area contributed by atoms with Crippen LogP contribution >= 0.6 is 0 Å². The van der Waals surface area contributed by atoms with E-state index in [0.29, 0.717) is 36.4 Å². The first-order valence-corrected chi connectivity index (χ1v) is 9.70. The number of fused-ring (bicyclic) bond motifs is 5. The van der Waals surface area contributed by atoms with Gasteiger partial charge in [-0.05, 0) is 81.1 Å². The van der Waals surface area contributed by atoms with Crippen molar-refractivity contribution in [1.29, 1.82) is 0 Å². The Hall–Kier alpha value is -0.960. The Kier molecular flexibility index (Phi) is 3.46. The quantitative estimate of drug-likeness (QED) is 0.795. The number of carbonyl (C=O) groups excluding carboxylic acids is 2. The Morgan fingerprint density at radius 1 is 1.08 bits per heavy atom. The minimum Gasteiger partial charge on any atom is -0.382 e. The highest BCUT2D eigenvalue weighted by atomic mass is 16.3. The molecule has 24 heavy (non-hydrogen) atoms. The lowest BCUT2D eigenvalue weighted by Gasteiger charge is -2.58. The van der Waals surface area contributed by atoms with E-state index >= 15 is 0 Å². The molecule has 1 N–H and O–H groups in total. The Morgan fingerprint density at radius 3 is 2.50 bits per heavy atom. The lowest BCUT2D eigenvalue weighted by molar-refractivity contribution is -0.160. The summed E-state index contributed by atoms with van der Waals surface area (Å²) >= 11 is 0. The molecule has 0 heterocycles. The Balaban J connectivity index is 1.70. The Bertz CT molecular complexity index is 635. The largest absolute Gasteiger partial charge is 0.382 e. The fourth-order valence-electron chi connectivity index (χ4n) is 7.15. The highest BCUT2D eigenvalue weighted by Gasteiger charge is 2.65. The molecule has 132 valence electrons. The maximum Gasteiger partial charge on any atom is 0.161 e. The molecule has 3 fully saturated rings. The monoisotopic (exact) mass is 330 g/mol. The lowest BCUT2D eigenvalue weighted by Crippen LogP contribution is -2.57. The minimum atomic E-state index is -1.12. The second-order valence-electron chi connectivity index (χ2n) is 9.38. The minimum absolute atomic E-state index is 0.0446. The zero-order valence-electron chi connectivity index (χ0n) is 15.2. The van der Waals surface area contributed by atoms with Gasteiger partial charge in [0.2, 0.25) is 0 Å². The standard InChI is InChI=1S/C21H30O3/c1-13(22)21(24)11-8-18-16-5-4-14-12-15(23)6-9-19(14,2)17(16)7-10-20(18,21)3/h12,16-18,24H,4-11H2,1-3H3/t16-,17+,18+,19+,20+,21-/m1/s1. The van der Waals surface area contributed by atoms with Crippen molar-refractivity contribution in [2.75, 3.05) is 0 Å². The molecule has 0 aromatic carbocycles. The number of carbonyl (C=O) groups is 2. The third kappa shape index (κ3) is 1.88. The van der Waals surface area contributed by atoms with E-state index in [9.17, 15) is 14.7 Å². The molecule has 0 aromatic rings. The molecule has 4 rings (SSSR count). The van der Waals surface area contributed by atoms with Crippen LogP contribution in [0.25, 0.3) is 0 Å². The second kappa shape index (κ2) is 5.03. The van der Waals surface area contributed by atoms with Gasteiger partial charge in [0.25, 0.3) is 0 Å². The van der Waals surface area contributed by atoms with Crippen molar-refractivity contribution >= 4 is 11.6 Å². The molecular formula is C21H30O3. The van der Waals surface area contributed by atoms with E-state index in [0.717, 1.165) is 38.5 Å². The average molecular weight is 330 g/mol. The fourth-order valence-corrected chi connectivity index (χ4v) is 7.15. The highest BCUT2D eigenvalue weighted by Crippen LogP contribution is 2.67. The molecule has 3 saturated carbocycles. The van der Waals surface area contributed by atoms with Gasteiger partial charge in [-0.2, -0.15) is 0 Å². The van der Waals surface area contributed by atoms with E-state index in [-0.39, 0.29) is 16.6 Å². The molecule has 0 saturated heterocycles. The van der Waals surface area contributed by atoms with Crippen LogP contribution in [0.5, 0.6) is 0 Å². The van der Waals surface area contributed by atoms with Crippen molar-refractivity contribution in [1.82, 2.24) is 0 Å². The molecule has 6 atom stereocenters. The van der Waals surface area contributed by atoms with Crippen molar-refractivity contribution in [2.45, 2.75) is 77.7 Å². The van der Waals surface area contributed by atoms with Gasteiger partial charge in [-0.1, -0.05) is 19.4 Å². The van der Waals surface area contributed by atoms with Crippen LogP contribution in [0.15, 0.2) is 11.6 Å². The van der Waals surface area contributed by atoms with Gasteiger partial charge < -0.3 is 5.11 Å². The van der Waals surface area contributed by atoms with Crippen LogP contribution < -0.4 is 0 Å². The van der Waals surface area contributed by atoms with Crippen molar-refractivity contribution in [3.63, 3.8) is 0 Å². The van der Waals surface area contributed by atoms with Crippen LogP contribution in [-0.4, -0.2) is 22.3 Å². The molecule has 0 amide bonds. The normalized spacial score (nSPS) is 50.6. The summed E-state index contributed by atoms with van der Waals surface area (Å²) in [5, 5.41) is 11.1. The van der Waals surface area contributed by atoms with Crippen LogP contribution in [0.2, 0.25) is 0 Å². The van der Waals surface area contributed by atoms with Gasteiger partial charge in [0.15, 0.2) is 11.6 Å². The first-order chi connectivity index (χ1) is 11.2. The number of allylic oxidation sites excluding steroid dienone is 1. The summed E-state index contributed by atoms with van der Waals surface area (Å²) in [6.45, 7) is 6.10. The molecule has 0 aliphatic heterocycles. The number of aliphatic hydroxyl groups is 1. The van der Waals surface area contributed by atoms with E-state index in [4.69, 9.17) is 0 Å². The molecule has 0 bridgehead atoms. The molecule has 0 spiro atoms. The van der Waals surface area contributed by atoms with Crippen LogP contribution in [0, 0.1) is 28.6 Å². The first-order valence-electron chi connectivity index (χ1n) is 9.70. The Morgan fingerprint density at radius 2 is 1.79 bits per heavy atom. The zero-order chi connectivity index (χ0) is 17.3.